The quantitative estimate of drug-likeness (QED) is 0.521. The van der Waals surface area contributed by atoms with Crippen molar-refractivity contribution in [3.63, 3.8) is 0 Å². The Balaban J connectivity index is 0.000000640. The molecule has 2 nitrogen and oxygen atoms in total. The van der Waals surface area contributed by atoms with Crippen LogP contribution in [0.25, 0.3) is 0 Å². The molecular formula is C7H13NO. The maximum atomic E-state index is 10.7. The number of carbonyl (C=O) groups excluding carboxylic acids is 1. The topological polar surface area (TPSA) is 20.3 Å². The van der Waals surface area contributed by atoms with Crippen molar-refractivity contribution in [2.75, 3.05) is 6.54 Å². The van der Waals surface area contributed by atoms with Gasteiger partial charge in [0.2, 0.25) is 5.91 Å². The van der Waals surface area contributed by atoms with Crippen LogP contribution >= 0.6 is 0 Å². The minimum atomic E-state index is 0. The molecule has 1 rings (SSSR count). The highest BCUT2D eigenvalue weighted by Gasteiger charge is 2.15. The molecule has 1 amide bonds. The molecule has 0 spiro atoms. The average molecular weight is 127 g/mol. The summed E-state index contributed by atoms with van der Waals surface area (Å²) in [5, 5.41) is 0. The molecule has 1 saturated heterocycles. The second-order valence-electron chi connectivity index (χ2n) is 1.87. The third-order valence-corrected chi connectivity index (χ3v) is 1.33. The lowest BCUT2D eigenvalue weighted by Gasteiger charge is -2.05. The fourth-order valence-corrected chi connectivity index (χ4v) is 0.862. The van der Waals surface area contributed by atoms with Gasteiger partial charge in [-0.1, -0.05) is 14.0 Å². The van der Waals surface area contributed by atoms with E-state index >= 15 is 0 Å². The minimum Gasteiger partial charge on any atom is -0.320 e. The van der Waals surface area contributed by atoms with E-state index in [4.69, 9.17) is 0 Å². The Morgan fingerprint density at radius 1 is 1.67 bits per heavy atom. The highest BCUT2D eigenvalue weighted by molar-refractivity contribution is 5.78. The Morgan fingerprint density at radius 2 is 2.33 bits per heavy atom. The SMILES string of the molecule is C.C=CN1CCCC1=O. The molecule has 1 aliphatic heterocycles. The van der Waals surface area contributed by atoms with E-state index in [1.54, 1.807) is 11.1 Å². The van der Waals surface area contributed by atoms with Crippen LogP contribution in [0.2, 0.25) is 0 Å². The van der Waals surface area contributed by atoms with Gasteiger partial charge in [0.15, 0.2) is 0 Å². The molecule has 0 bridgehead atoms. The van der Waals surface area contributed by atoms with Crippen molar-refractivity contribution in [1.82, 2.24) is 4.90 Å². The number of carbonyl (C=O) groups is 1. The van der Waals surface area contributed by atoms with E-state index in [0.717, 1.165) is 13.0 Å². The first kappa shape index (κ1) is 8.21. The lowest BCUT2D eigenvalue weighted by Crippen LogP contribution is -2.16. The van der Waals surface area contributed by atoms with Crippen molar-refractivity contribution in [1.29, 1.82) is 0 Å². The van der Waals surface area contributed by atoms with Crippen molar-refractivity contribution in [3.05, 3.63) is 12.8 Å². The second-order valence-corrected chi connectivity index (χ2v) is 1.87. The van der Waals surface area contributed by atoms with Crippen LogP contribution in [0.5, 0.6) is 0 Å². The van der Waals surface area contributed by atoms with Gasteiger partial charge in [0, 0.05) is 13.0 Å². The van der Waals surface area contributed by atoms with Gasteiger partial charge in [-0.25, -0.2) is 0 Å². The van der Waals surface area contributed by atoms with E-state index < -0.39 is 0 Å². The molecule has 0 N–H and O–H groups in total. The summed E-state index contributed by atoms with van der Waals surface area (Å²) < 4.78 is 0. The molecule has 1 aliphatic rings. The molecule has 0 aromatic rings. The third kappa shape index (κ3) is 1.56. The fraction of sp³-hybridized carbons (Fsp3) is 0.571. The largest absolute Gasteiger partial charge is 0.320 e. The summed E-state index contributed by atoms with van der Waals surface area (Å²) in [4.78, 5) is 12.3. The highest BCUT2D eigenvalue weighted by atomic mass is 16.2. The first-order chi connectivity index (χ1) is 3.84. The summed E-state index contributed by atoms with van der Waals surface area (Å²) in [5.41, 5.74) is 0. The zero-order valence-corrected chi connectivity index (χ0v) is 4.76. The van der Waals surface area contributed by atoms with Crippen LogP contribution in [0.15, 0.2) is 12.8 Å². The highest BCUT2D eigenvalue weighted by Crippen LogP contribution is 2.08. The van der Waals surface area contributed by atoms with Crippen LogP contribution in [-0.4, -0.2) is 17.4 Å². The molecule has 0 aliphatic carbocycles. The number of amides is 1. The van der Waals surface area contributed by atoms with Crippen molar-refractivity contribution < 1.29 is 4.79 Å². The van der Waals surface area contributed by atoms with Gasteiger partial charge in [0.25, 0.3) is 0 Å². The van der Waals surface area contributed by atoms with Crippen LogP contribution in [0.4, 0.5) is 0 Å². The zero-order chi connectivity index (χ0) is 5.98. The van der Waals surface area contributed by atoms with E-state index in [2.05, 4.69) is 6.58 Å². The minimum absolute atomic E-state index is 0. The average Bonchev–Trinajstić information content (AvgIpc) is 2.14. The van der Waals surface area contributed by atoms with Gasteiger partial charge >= 0.3 is 0 Å². The normalized spacial score (nSPS) is 17.3. The summed E-state index contributed by atoms with van der Waals surface area (Å²) in [6.07, 6.45) is 3.28. The Morgan fingerprint density at radius 3 is 2.56 bits per heavy atom. The molecule has 0 unspecified atom stereocenters. The molecule has 52 valence electrons. The number of hydrogen-bond acceptors (Lipinski definition) is 1. The zero-order valence-electron chi connectivity index (χ0n) is 4.76. The van der Waals surface area contributed by atoms with E-state index in [1.165, 1.54) is 0 Å². The molecule has 2 heteroatoms. The van der Waals surface area contributed by atoms with Gasteiger partial charge in [-0.3, -0.25) is 4.79 Å². The molecule has 0 aromatic carbocycles. The van der Waals surface area contributed by atoms with Crippen molar-refractivity contribution in [3.8, 4) is 0 Å². The summed E-state index contributed by atoms with van der Waals surface area (Å²) >= 11 is 0. The monoisotopic (exact) mass is 127 g/mol. The summed E-state index contributed by atoms with van der Waals surface area (Å²) in [6.45, 7) is 4.36. The van der Waals surface area contributed by atoms with Gasteiger partial charge in [-0.15, -0.1) is 0 Å². The lowest BCUT2D eigenvalue weighted by atomic mass is 10.4. The summed E-state index contributed by atoms with van der Waals surface area (Å²) in [7, 11) is 0. The second kappa shape index (κ2) is 3.28. The van der Waals surface area contributed by atoms with E-state index in [9.17, 15) is 4.79 Å². The summed E-state index contributed by atoms with van der Waals surface area (Å²) in [5.74, 6) is 0.208. The Hall–Kier alpha value is -0.790. The molecular weight excluding hydrogens is 114 g/mol. The molecule has 9 heavy (non-hydrogen) atoms. The Bertz CT molecular complexity index is 120. The number of likely N-dealkylation sites (tertiary alicyclic amines) is 1. The predicted molar refractivity (Wildman–Crippen MR) is 37.9 cm³/mol. The molecule has 0 aromatic heterocycles. The molecule has 1 heterocycles. The van der Waals surface area contributed by atoms with Crippen LogP contribution in [0.3, 0.4) is 0 Å². The van der Waals surface area contributed by atoms with Crippen molar-refractivity contribution in [2.45, 2.75) is 20.3 Å². The fourth-order valence-electron chi connectivity index (χ4n) is 0.862. The van der Waals surface area contributed by atoms with Crippen LogP contribution in [-0.2, 0) is 4.79 Å². The molecule has 0 atom stereocenters. The Kier molecular flexibility index (Phi) is 2.99. The van der Waals surface area contributed by atoms with Crippen LogP contribution in [0.1, 0.15) is 20.3 Å². The van der Waals surface area contributed by atoms with Crippen LogP contribution in [0, 0.1) is 0 Å². The smallest absolute Gasteiger partial charge is 0.226 e. The van der Waals surface area contributed by atoms with E-state index in [1.807, 2.05) is 0 Å². The van der Waals surface area contributed by atoms with Gasteiger partial charge in [-0.05, 0) is 12.6 Å². The first-order valence-corrected chi connectivity index (χ1v) is 2.76. The standard InChI is InChI=1S/C6H9NO.CH4/c1-2-7-5-3-4-6(7)8;/h2H,1,3-5H2;1H4. The van der Waals surface area contributed by atoms with Crippen molar-refractivity contribution >= 4 is 5.91 Å². The van der Waals surface area contributed by atoms with Gasteiger partial charge in [-0.2, -0.15) is 0 Å². The number of rotatable bonds is 1. The van der Waals surface area contributed by atoms with Crippen LogP contribution < -0.4 is 0 Å². The number of nitrogens with zero attached hydrogens (tertiary/aromatic N) is 1. The maximum absolute atomic E-state index is 10.7. The molecule has 1 fully saturated rings. The van der Waals surface area contributed by atoms with E-state index in [-0.39, 0.29) is 13.3 Å². The van der Waals surface area contributed by atoms with Crippen molar-refractivity contribution in [2.24, 2.45) is 0 Å². The van der Waals surface area contributed by atoms with Gasteiger partial charge < -0.3 is 4.90 Å². The van der Waals surface area contributed by atoms with E-state index in [0.29, 0.717) is 6.42 Å². The maximum Gasteiger partial charge on any atom is 0.226 e. The third-order valence-electron chi connectivity index (χ3n) is 1.33. The van der Waals surface area contributed by atoms with Gasteiger partial charge in [0.1, 0.15) is 0 Å². The first-order valence-electron chi connectivity index (χ1n) is 2.76. The van der Waals surface area contributed by atoms with Gasteiger partial charge in [0.05, 0.1) is 0 Å². The number of hydrogen-bond donors (Lipinski definition) is 0. The Labute approximate surface area is 56.2 Å². The molecule has 0 radical (unpaired) electrons. The molecule has 0 saturated carbocycles. The summed E-state index contributed by atoms with van der Waals surface area (Å²) in [6, 6.07) is 0. The predicted octanol–water partition coefficient (Wildman–Crippen LogP) is 1.39. The lowest BCUT2D eigenvalue weighted by molar-refractivity contribution is -0.125.